The van der Waals surface area contributed by atoms with Crippen LogP contribution in [-0.2, 0) is 0 Å². The third-order valence-electron chi connectivity index (χ3n) is 3.97. The maximum absolute atomic E-state index is 12.4. The van der Waals surface area contributed by atoms with Crippen LogP contribution in [0.1, 0.15) is 47.8 Å². The number of nitrogens with one attached hydrogen (secondary N) is 2. The van der Waals surface area contributed by atoms with Crippen molar-refractivity contribution in [3.05, 3.63) is 40.9 Å². The molecule has 1 amide bonds. The molecule has 0 aliphatic carbocycles. The van der Waals surface area contributed by atoms with Crippen molar-refractivity contribution in [3.63, 3.8) is 0 Å². The molecule has 0 radical (unpaired) electrons. The van der Waals surface area contributed by atoms with E-state index in [4.69, 9.17) is 0 Å². The Labute approximate surface area is 151 Å². The lowest BCUT2D eigenvalue weighted by atomic mass is 9.97. The van der Waals surface area contributed by atoms with Gasteiger partial charge in [0.25, 0.3) is 5.91 Å². The van der Waals surface area contributed by atoms with Crippen LogP contribution >= 0.6 is 23.1 Å². The summed E-state index contributed by atoms with van der Waals surface area (Å²) in [5, 5.41) is 7.52. The Morgan fingerprint density at radius 2 is 2.00 bits per heavy atom. The Morgan fingerprint density at radius 3 is 2.67 bits per heavy atom. The van der Waals surface area contributed by atoms with E-state index in [0.717, 1.165) is 25.9 Å². The molecule has 1 saturated heterocycles. The van der Waals surface area contributed by atoms with E-state index in [2.05, 4.69) is 29.5 Å². The van der Waals surface area contributed by atoms with Crippen LogP contribution in [0.25, 0.3) is 0 Å². The molecule has 1 fully saturated rings. The van der Waals surface area contributed by atoms with Gasteiger partial charge in [-0.05, 0) is 56.1 Å². The van der Waals surface area contributed by atoms with Gasteiger partial charge in [0.2, 0.25) is 0 Å². The number of benzene rings is 1. The third-order valence-corrected chi connectivity index (χ3v) is 6.06. The van der Waals surface area contributed by atoms with Crippen molar-refractivity contribution in [1.82, 2.24) is 10.3 Å². The summed E-state index contributed by atoms with van der Waals surface area (Å²) in [4.78, 5) is 19.2. The van der Waals surface area contributed by atoms with Crippen molar-refractivity contribution >= 4 is 34.1 Å². The molecule has 0 atom stereocenters. The Balaban J connectivity index is 1.61. The molecule has 128 valence electrons. The van der Waals surface area contributed by atoms with Gasteiger partial charge >= 0.3 is 0 Å². The molecule has 24 heavy (non-hydrogen) atoms. The van der Waals surface area contributed by atoms with E-state index in [-0.39, 0.29) is 5.91 Å². The molecule has 0 spiro atoms. The summed E-state index contributed by atoms with van der Waals surface area (Å²) in [6, 6.07) is 7.76. The summed E-state index contributed by atoms with van der Waals surface area (Å²) >= 11 is 3.39. The highest BCUT2D eigenvalue weighted by Crippen LogP contribution is 2.32. The van der Waals surface area contributed by atoms with Crippen LogP contribution in [0, 0.1) is 0 Å². The van der Waals surface area contributed by atoms with Crippen molar-refractivity contribution in [2.24, 2.45) is 0 Å². The number of amides is 1. The van der Waals surface area contributed by atoms with Crippen LogP contribution in [0.15, 0.2) is 35.4 Å². The van der Waals surface area contributed by atoms with Gasteiger partial charge in [-0.2, -0.15) is 0 Å². The molecule has 2 N–H and O–H groups in total. The van der Waals surface area contributed by atoms with Crippen LogP contribution < -0.4 is 10.6 Å². The number of thioether (sulfide) groups is 1. The first-order chi connectivity index (χ1) is 11.6. The van der Waals surface area contributed by atoms with Gasteiger partial charge in [-0.3, -0.25) is 10.1 Å². The Bertz CT molecular complexity index is 676. The van der Waals surface area contributed by atoms with Gasteiger partial charge in [0.05, 0.1) is 0 Å². The van der Waals surface area contributed by atoms with E-state index in [1.165, 1.54) is 9.77 Å². The van der Waals surface area contributed by atoms with Crippen LogP contribution in [0.3, 0.4) is 0 Å². The second kappa shape index (κ2) is 8.14. The van der Waals surface area contributed by atoms with E-state index in [9.17, 15) is 4.79 Å². The number of carbonyl (C=O) groups is 1. The first kappa shape index (κ1) is 17.5. The van der Waals surface area contributed by atoms with Crippen LogP contribution in [0.2, 0.25) is 0 Å². The molecule has 1 aromatic carbocycles. The maximum Gasteiger partial charge on any atom is 0.257 e. The molecular formula is C18H23N3OS2. The van der Waals surface area contributed by atoms with Gasteiger partial charge in [0.1, 0.15) is 0 Å². The van der Waals surface area contributed by atoms with Crippen LogP contribution in [0.5, 0.6) is 0 Å². The number of anilines is 1. The Hall–Kier alpha value is -1.37. The van der Waals surface area contributed by atoms with Crippen LogP contribution in [0.4, 0.5) is 5.13 Å². The van der Waals surface area contributed by atoms with Gasteiger partial charge in [0, 0.05) is 26.8 Å². The molecule has 0 saturated carbocycles. The number of carbonyl (C=O) groups excluding carboxylic acids is 1. The molecule has 2 heterocycles. The number of hydrogen-bond acceptors (Lipinski definition) is 5. The SMILES string of the molecule is CC(C)Sc1ccc(C(=O)Nc2ncc(C3CCNCC3)s2)cc1. The van der Waals surface area contributed by atoms with E-state index in [1.54, 1.807) is 23.1 Å². The predicted octanol–water partition coefficient (Wildman–Crippen LogP) is 4.36. The molecule has 1 aliphatic heterocycles. The molecule has 4 nitrogen and oxygen atoms in total. The number of nitrogens with zero attached hydrogens (tertiary/aromatic N) is 1. The molecule has 6 heteroatoms. The van der Waals surface area contributed by atoms with Crippen LogP contribution in [-0.4, -0.2) is 29.2 Å². The van der Waals surface area contributed by atoms with E-state index >= 15 is 0 Å². The van der Waals surface area contributed by atoms with E-state index in [0.29, 0.717) is 21.9 Å². The lowest BCUT2D eigenvalue weighted by molar-refractivity contribution is 0.102. The number of thiazole rings is 1. The topological polar surface area (TPSA) is 54.0 Å². The molecule has 1 aromatic heterocycles. The third kappa shape index (κ3) is 4.59. The van der Waals surface area contributed by atoms with Crippen molar-refractivity contribution in [3.8, 4) is 0 Å². The molecular weight excluding hydrogens is 338 g/mol. The lowest BCUT2D eigenvalue weighted by Crippen LogP contribution is -2.26. The fourth-order valence-electron chi connectivity index (χ4n) is 2.77. The average Bonchev–Trinajstić information content (AvgIpc) is 3.04. The number of aromatic nitrogens is 1. The molecule has 3 rings (SSSR count). The first-order valence-corrected chi connectivity index (χ1v) is 10.1. The average molecular weight is 362 g/mol. The predicted molar refractivity (Wildman–Crippen MR) is 102 cm³/mol. The number of piperidine rings is 1. The summed E-state index contributed by atoms with van der Waals surface area (Å²) in [7, 11) is 0. The lowest BCUT2D eigenvalue weighted by Gasteiger charge is -2.20. The van der Waals surface area contributed by atoms with Crippen molar-refractivity contribution < 1.29 is 4.79 Å². The van der Waals surface area contributed by atoms with Gasteiger partial charge in [-0.1, -0.05) is 13.8 Å². The van der Waals surface area contributed by atoms with Gasteiger partial charge in [0.15, 0.2) is 5.13 Å². The molecule has 0 bridgehead atoms. The van der Waals surface area contributed by atoms with E-state index < -0.39 is 0 Å². The number of rotatable bonds is 5. The minimum absolute atomic E-state index is 0.0951. The monoisotopic (exact) mass is 361 g/mol. The van der Waals surface area contributed by atoms with E-state index in [1.807, 2.05) is 30.5 Å². The summed E-state index contributed by atoms with van der Waals surface area (Å²) in [6.45, 7) is 6.44. The zero-order valence-corrected chi connectivity index (χ0v) is 15.7. The van der Waals surface area contributed by atoms with Crippen molar-refractivity contribution in [1.29, 1.82) is 0 Å². The summed E-state index contributed by atoms with van der Waals surface area (Å²) < 4.78 is 0. The smallest absolute Gasteiger partial charge is 0.257 e. The normalized spacial score (nSPS) is 15.6. The standard InChI is InChI=1S/C18H23N3OS2/c1-12(2)23-15-5-3-14(4-6-15)17(22)21-18-20-11-16(24-18)13-7-9-19-10-8-13/h3-6,11-13,19H,7-10H2,1-2H3,(H,20,21,22). The zero-order valence-electron chi connectivity index (χ0n) is 14.0. The zero-order chi connectivity index (χ0) is 16.9. The first-order valence-electron chi connectivity index (χ1n) is 8.36. The number of hydrogen-bond donors (Lipinski definition) is 2. The Morgan fingerprint density at radius 1 is 1.29 bits per heavy atom. The summed E-state index contributed by atoms with van der Waals surface area (Å²) in [6.07, 6.45) is 4.20. The highest BCUT2D eigenvalue weighted by molar-refractivity contribution is 7.99. The van der Waals surface area contributed by atoms with Crippen molar-refractivity contribution in [2.75, 3.05) is 18.4 Å². The maximum atomic E-state index is 12.4. The molecule has 2 aromatic rings. The Kier molecular flexibility index (Phi) is 5.92. The largest absolute Gasteiger partial charge is 0.317 e. The summed E-state index contributed by atoms with van der Waals surface area (Å²) in [5.74, 6) is 0.476. The highest BCUT2D eigenvalue weighted by Gasteiger charge is 2.18. The minimum Gasteiger partial charge on any atom is -0.317 e. The van der Waals surface area contributed by atoms with Gasteiger partial charge < -0.3 is 5.32 Å². The van der Waals surface area contributed by atoms with Gasteiger partial charge in [-0.25, -0.2) is 4.98 Å². The van der Waals surface area contributed by atoms with Crippen molar-refractivity contribution in [2.45, 2.75) is 42.8 Å². The molecule has 0 unspecified atom stereocenters. The quantitative estimate of drug-likeness (QED) is 0.777. The fraction of sp³-hybridized carbons (Fsp3) is 0.444. The highest BCUT2D eigenvalue weighted by atomic mass is 32.2. The van der Waals surface area contributed by atoms with Gasteiger partial charge in [-0.15, -0.1) is 23.1 Å². The minimum atomic E-state index is -0.0951. The molecule has 1 aliphatic rings. The second-order valence-electron chi connectivity index (χ2n) is 6.24. The fourth-order valence-corrected chi connectivity index (χ4v) is 4.58. The second-order valence-corrected chi connectivity index (χ2v) is 8.95. The summed E-state index contributed by atoms with van der Waals surface area (Å²) in [5.41, 5.74) is 0.668.